The second-order valence-electron chi connectivity index (χ2n) is 6.31. The Kier molecular flexibility index (Phi) is 5.47. The van der Waals surface area contributed by atoms with Gasteiger partial charge < -0.3 is 4.74 Å². The van der Waals surface area contributed by atoms with Crippen LogP contribution in [0.25, 0.3) is 33.5 Å². The van der Waals surface area contributed by atoms with Gasteiger partial charge in [-0.1, -0.05) is 71.7 Å². The number of esters is 1. The van der Waals surface area contributed by atoms with E-state index in [1.807, 2.05) is 42.5 Å². The van der Waals surface area contributed by atoms with Gasteiger partial charge in [-0.25, -0.2) is 14.8 Å². The number of hydrogen-bond acceptors (Lipinski definition) is 4. The van der Waals surface area contributed by atoms with Crippen molar-refractivity contribution in [2.45, 2.75) is 6.92 Å². The summed E-state index contributed by atoms with van der Waals surface area (Å²) in [6.07, 6.45) is 0. The zero-order valence-electron chi connectivity index (χ0n) is 15.5. The Morgan fingerprint density at radius 2 is 1.45 bits per heavy atom. The summed E-state index contributed by atoms with van der Waals surface area (Å²) in [7, 11) is 0. The Morgan fingerprint density at radius 3 is 2.10 bits per heavy atom. The fourth-order valence-electron chi connectivity index (χ4n) is 3.11. The Hall–Kier alpha value is -2.95. The highest BCUT2D eigenvalue weighted by molar-refractivity contribution is 6.42. The van der Waals surface area contributed by atoms with Gasteiger partial charge >= 0.3 is 5.97 Å². The van der Waals surface area contributed by atoms with Crippen LogP contribution in [-0.2, 0) is 4.74 Å². The second kappa shape index (κ2) is 8.19. The van der Waals surface area contributed by atoms with Gasteiger partial charge in [0.05, 0.1) is 44.6 Å². The third kappa shape index (κ3) is 3.82. The first-order valence-corrected chi connectivity index (χ1v) is 9.83. The van der Waals surface area contributed by atoms with Crippen molar-refractivity contribution in [3.8, 4) is 22.5 Å². The lowest BCUT2D eigenvalue weighted by atomic mass is 9.99. The fraction of sp³-hybridized carbons (Fsp3) is 0.0870. The van der Waals surface area contributed by atoms with Gasteiger partial charge in [-0.05, 0) is 25.1 Å². The maximum atomic E-state index is 12.5. The molecule has 0 atom stereocenters. The highest BCUT2D eigenvalue weighted by atomic mass is 35.5. The maximum Gasteiger partial charge on any atom is 0.338 e. The van der Waals surface area contributed by atoms with Gasteiger partial charge in [0.15, 0.2) is 0 Å². The van der Waals surface area contributed by atoms with Gasteiger partial charge in [-0.15, -0.1) is 0 Å². The average Bonchev–Trinajstić information content (AvgIpc) is 2.74. The predicted molar refractivity (Wildman–Crippen MR) is 116 cm³/mol. The minimum atomic E-state index is -0.404. The normalized spacial score (nSPS) is 10.9. The van der Waals surface area contributed by atoms with Crippen LogP contribution in [0.15, 0.2) is 66.7 Å². The molecule has 0 N–H and O–H groups in total. The van der Waals surface area contributed by atoms with E-state index in [1.54, 1.807) is 31.2 Å². The van der Waals surface area contributed by atoms with E-state index >= 15 is 0 Å². The third-order valence-corrected chi connectivity index (χ3v) is 5.15. The van der Waals surface area contributed by atoms with Crippen molar-refractivity contribution in [2.24, 2.45) is 0 Å². The van der Waals surface area contributed by atoms with Crippen LogP contribution in [0.4, 0.5) is 0 Å². The van der Waals surface area contributed by atoms with E-state index < -0.39 is 5.97 Å². The summed E-state index contributed by atoms with van der Waals surface area (Å²) in [6, 6.07) is 20.3. The summed E-state index contributed by atoms with van der Waals surface area (Å²) < 4.78 is 5.23. The Morgan fingerprint density at radius 1 is 0.862 bits per heavy atom. The van der Waals surface area contributed by atoms with Gasteiger partial charge in [0.25, 0.3) is 0 Å². The number of carbonyl (C=O) groups is 1. The molecule has 4 nitrogen and oxygen atoms in total. The van der Waals surface area contributed by atoms with Crippen LogP contribution in [-0.4, -0.2) is 22.5 Å². The molecule has 0 aliphatic carbocycles. The molecule has 3 aromatic carbocycles. The van der Waals surface area contributed by atoms with Crippen LogP contribution in [0.5, 0.6) is 0 Å². The fourth-order valence-corrected chi connectivity index (χ4v) is 3.43. The first-order chi connectivity index (χ1) is 14.1. The van der Waals surface area contributed by atoms with Gasteiger partial charge in [-0.2, -0.15) is 0 Å². The van der Waals surface area contributed by atoms with Gasteiger partial charge in [0, 0.05) is 11.1 Å². The summed E-state index contributed by atoms with van der Waals surface area (Å²) in [4.78, 5) is 22.2. The van der Waals surface area contributed by atoms with Crippen molar-refractivity contribution in [1.29, 1.82) is 0 Å². The SMILES string of the molecule is CCOC(=O)c1ccccc1-c1nc2cc(Cl)c(Cl)cc2nc1-c1ccccc1. The van der Waals surface area contributed by atoms with Crippen molar-refractivity contribution >= 4 is 40.2 Å². The molecule has 4 aromatic rings. The molecule has 0 unspecified atom stereocenters. The number of carbonyl (C=O) groups excluding carboxylic acids is 1. The number of fused-ring (bicyclic) bond motifs is 1. The van der Waals surface area contributed by atoms with Crippen LogP contribution in [0.2, 0.25) is 10.0 Å². The first-order valence-electron chi connectivity index (χ1n) is 9.07. The van der Waals surface area contributed by atoms with Crippen molar-refractivity contribution in [1.82, 2.24) is 9.97 Å². The van der Waals surface area contributed by atoms with Crippen LogP contribution in [0.3, 0.4) is 0 Å². The van der Waals surface area contributed by atoms with E-state index in [1.165, 1.54) is 0 Å². The zero-order valence-corrected chi connectivity index (χ0v) is 17.0. The number of halogens is 2. The topological polar surface area (TPSA) is 52.1 Å². The summed E-state index contributed by atoms with van der Waals surface area (Å²) >= 11 is 12.4. The highest BCUT2D eigenvalue weighted by Crippen LogP contribution is 2.35. The highest BCUT2D eigenvalue weighted by Gasteiger charge is 2.20. The third-order valence-electron chi connectivity index (χ3n) is 4.43. The smallest absolute Gasteiger partial charge is 0.338 e. The molecule has 0 aliphatic heterocycles. The lowest BCUT2D eigenvalue weighted by molar-refractivity contribution is 0.0527. The van der Waals surface area contributed by atoms with Crippen molar-refractivity contribution in [2.75, 3.05) is 6.61 Å². The standard InChI is InChI=1S/C23H16Cl2N2O2/c1-2-29-23(28)16-11-7-6-10-15(16)22-21(14-8-4-3-5-9-14)26-19-12-17(24)18(25)13-20(19)27-22/h3-13H,2H2,1H3. The molecule has 0 bridgehead atoms. The number of nitrogens with zero attached hydrogens (tertiary/aromatic N) is 2. The van der Waals surface area contributed by atoms with Crippen molar-refractivity contribution in [3.63, 3.8) is 0 Å². The molecule has 0 spiro atoms. The molecular formula is C23H16Cl2N2O2. The van der Waals surface area contributed by atoms with E-state index in [4.69, 9.17) is 37.9 Å². The average molecular weight is 423 g/mol. The Balaban J connectivity index is 2.03. The summed E-state index contributed by atoms with van der Waals surface area (Å²) in [6.45, 7) is 2.06. The molecule has 0 fully saturated rings. The summed E-state index contributed by atoms with van der Waals surface area (Å²) in [5.74, 6) is -0.404. The molecule has 29 heavy (non-hydrogen) atoms. The van der Waals surface area contributed by atoms with Crippen LogP contribution < -0.4 is 0 Å². The van der Waals surface area contributed by atoms with E-state index in [9.17, 15) is 4.79 Å². The number of hydrogen-bond donors (Lipinski definition) is 0. The predicted octanol–water partition coefficient (Wildman–Crippen LogP) is 6.45. The van der Waals surface area contributed by atoms with E-state index in [0.717, 1.165) is 5.56 Å². The van der Waals surface area contributed by atoms with Crippen molar-refractivity contribution in [3.05, 3.63) is 82.3 Å². The molecule has 0 saturated heterocycles. The lowest BCUT2D eigenvalue weighted by Crippen LogP contribution is -2.07. The van der Waals surface area contributed by atoms with Crippen LogP contribution >= 0.6 is 23.2 Å². The summed E-state index contributed by atoms with van der Waals surface area (Å²) in [5, 5.41) is 0.803. The zero-order chi connectivity index (χ0) is 20.4. The monoisotopic (exact) mass is 422 g/mol. The van der Waals surface area contributed by atoms with Gasteiger partial charge in [0.2, 0.25) is 0 Å². The minimum Gasteiger partial charge on any atom is -0.462 e. The maximum absolute atomic E-state index is 12.5. The molecule has 6 heteroatoms. The molecule has 0 aliphatic rings. The largest absolute Gasteiger partial charge is 0.462 e. The van der Waals surface area contributed by atoms with E-state index in [-0.39, 0.29) is 6.61 Å². The second-order valence-corrected chi connectivity index (χ2v) is 7.12. The number of rotatable bonds is 4. The Labute approximate surface area is 178 Å². The molecule has 0 radical (unpaired) electrons. The molecule has 0 saturated carbocycles. The minimum absolute atomic E-state index is 0.288. The molecule has 1 heterocycles. The van der Waals surface area contributed by atoms with E-state index in [2.05, 4.69) is 0 Å². The van der Waals surface area contributed by atoms with Gasteiger partial charge in [0.1, 0.15) is 0 Å². The molecular weight excluding hydrogens is 407 g/mol. The van der Waals surface area contributed by atoms with Crippen LogP contribution in [0, 0.1) is 0 Å². The number of benzene rings is 3. The van der Waals surface area contributed by atoms with Gasteiger partial charge in [-0.3, -0.25) is 0 Å². The van der Waals surface area contributed by atoms with Crippen molar-refractivity contribution < 1.29 is 9.53 Å². The summed E-state index contributed by atoms with van der Waals surface area (Å²) in [5.41, 5.74) is 4.38. The molecule has 4 rings (SSSR count). The quantitative estimate of drug-likeness (QED) is 0.354. The molecule has 144 valence electrons. The molecule has 0 amide bonds. The van der Waals surface area contributed by atoms with E-state index in [0.29, 0.717) is 43.6 Å². The number of aromatic nitrogens is 2. The Bertz CT molecular complexity index is 1210. The molecule has 1 aromatic heterocycles. The lowest BCUT2D eigenvalue weighted by Gasteiger charge is -2.14. The first kappa shape index (κ1) is 19.4. The number of ether oxygens (including phenoxy) is 1. The van der Waals surface area contributed by atoms with Crippen LogP contribution in [0.1, 0.15) is 17.3 Å².